The van der Waals surface area contributed by atoms with Crippen LogP contribution in [-0.2, 0) is 32.2 Å². The van der Waals surface area contributed by atoms with Crippen LogP contribution in [0.1, 0.15) is 88.5 Å². The molecule has 0 saturated carbocycles. The van der Waals surface area contributed by atoms with Crippen LogP contribution in [0.15, 0.2) is 112 Å². The van der Waals surface area contributed by atoms with Gasteiger partial charge in [-0.15, -0.1) is 0 Å². The van der Waals surface area contributed by atoms with Gasteiger partial charge in [0.15, 0.2) is 12.3 Å². The molecule has 0 aromatic heterocycles. The molecule has 0 radical (unpaired) electrons. The van der Waals surface area contributed by atoms with Crippen molar-refractivity contribution >= 4 is 56.3 Å². The van der Waals surface area contributed by atoms with Crippen LogP contribution in [0.25, 0.3) is 0 Å². The third kappa shape index (κ3) is 11.8. The summed E-state index contributed by atoms with van der Waals surface area (Å²) in [6.45, 7) is 14.9. The second kappa shape index (κ2) is 19.0. The molecule has 0 unspecified atom stereocenters. The fourth-order valence-electron chi connectivity index (χ4n) is 9.31. The van der Waals surface area contributed by atoms with E-state index in [-0.39, 0.29) is 10.3 Å². The fraction of sp³-hybridized carbons (Fsp3) is 0.462. The fourth-order valence-corrected chi connectivity index (χ4v) is 10.4. The van der Waals surface area contributed by atoms with Crippen molar-refractivity contribution in [3.63, 3.8) is 0 Å². The molecule has 0 spiro atoms. The van der Waals surface area contributed by atoms with E-state index >= 15 is 0 Å². The number of nitrogens with zero attached hydrogens (tertiary/aromatic N) is 4. The summed E-state index contributed by atoms with van der Waals surface area (Å²) in [6.07, 6.45) is 15.1. The first-order valence-corrected chi connectivity index (χ1v) is 26.2. The quantitative estimate of drug-likeness (QED) is 0.0629. The molecule has 3 aromatic rings. The van der Waals surface area contributed by atoms with E-state index in [1.807, 2.05) is 18.2 Å². The van der Waals surface area contributed by atoms with Gasteiger partial charge in [-0.25, -0.2) is 0 Å². The summed E-state index contributed by atoms with van der Waals surface area (Å²) < 4.78 is 46.1. The average Bonchev–Trinajstić information content (AvgIpc) is 3.52. The number of hydrogen-bond donors (Lipinski definition) is 1. The molecule has 2 aliphatic heterocycles. The molecule has 1 N–H and O–H groups in total. The summed E-state index contributed by atoms with van der Waals surface area (Å²) in [4.78, 5) is 14.3. The van der Waals surface area contributed by atoms with E-state index < -0.39 is 15.5 Å². The zero-order valence-corrected chi connectivity index (χ0v) is 45.0. The van der Waals surface area contributed by atoms with Gasteiger partial charge in [-0.3, -0.25) is 4.55 Å². The van der Waals surface area contributed by atoms with Gasteiger partial charge in [0.25, 0.3) is 10.1 Å². The number of anilines is 1. The Morgan fingerprint density at radius 3 is 2.19 bits per heavy atom. The van der Waals surface area contributed by atoms with Crippen molar-refractivity contribution in [2.24, 2.45) is 0 Å². The summed E-state index contributed by atoms with van der Waals surface area (Å²) in [7, 11) is 8.98. The number of hydrogen-bond acceptors (Lipinski definition) is 5. The van der Waals surface area contributed by atoms with Crippen LogP contribution in [0.4, 0.5) is 11.4 Å². The minimum absolute atomic E-state index is 0.0921. The summed E-state index contributed by atoms with van der Waals surface area (Å²) in [5.41, 5.74) is 10.7. The third-order valence-electron chi connectivity index (χ3n) is 12.8. The molecule has 3 aliphatic rings. The summed E-state index contributed by atoms with van der Waals surface area (Å²) in [5.74, 6) is 1.61. The molecule has 0 atom stereocenters. The maximum absolute atomic E-state index is 12.3. The van der Waals surface area contributed by atoms with Gasteiger partial charge in [0.2, 0.25) is 5.69 Å². The van der Waals surface area contributed by atoms with Crippen LogP contribution in [0, 0.1) is 6.92 Å². The van der Waals surface area contributed by atoms with E-state index in [0.717, 1.165) is 119 Å². The van der Waals surface area contributed by atoms with Crippen LogP contribution in [0.2, 0.25) is 0 Å². The molecular weight excluding hydrogens is 997 g/mol. The smallest absolute Gasteiger partial charge is 0.0797 e. The first kappa shape index (κ1) is 48.8. The minimum atomic E-state index is -4.38. The van der Waals surface area contributed by atoms with E-state index in [4.69, 9.17) is 4.74 Å². The molecule has 334 valence electrons. The number of rotatable bonds is 17. The van der Waals surface area contributed by atoms with Gasteiger partial charge in [0.1, 0.15) is 0 Å². The molecule has 1 aliphatic carbocycles. The number of benzene rings is 3. The average molecular weight is 1070 g/mol. The molecule has 0 amide bonds. The second-order valence-electron chi connectivity index (χ2n) is 20.8. The number of quaternary nitrogens is 2. The third-order valence-corrected chi connectivity index (χ3v) is 14.8. The van der Waals surface area contributed by atoms with E-state index in [1.165, 1.54) is 28.6 Å². The van der Waals surface area contributed by atoms with Crippen molar-refractivity contribution in [1.82, 2.24) is 0 Å². The molecule has 9 nitrogen and oxygen atoms in total. The summed E-state index contributed by atoms with van der Waals surface area (Å²) in [5, 5.41) is 0. The van der Waals surface area contributed by atoms with E-state index in [0.29, 0.717) is 35.5 Å². The van der Waals surface area contributed by atoms with E-state index in [9.17, 15) is 17.8 Å². The SMILES string of the molecule is Cc1ccc2c(c1)C(C)(C)C(=CC=C1CCCC(C=CC3=[N+](CCC[N+](C)(C)C)c4ccc(S(=O)(=O)O)cc4C3(C)C)=C1Oc1ccc(CC[C](=O)[Tl])cc1)N2CCC[N+](C)(C)C. The van der Waals surface area contributed by atoms with E-state index in [1.54, 1.807) is 6.07 Å². The van der Waals surface area contributed by atoms with Gasteiger partial charge in [-0.1, -0.05) is 31.5 Å². The molecular formula is C52H70N4O5STl+3. The second-order valence-corrected chi connectivity index (χ2v) is 24.8. The Morgan fingerprint density at radius 2 is 1.54 bits per heavy atom. The topological polar surface area (TPSA) is 86.9 Å². The van der Waals surface area contributed by atoms with Crippen molar-refractivity contribution in [2.75, 3.05) is 73.4 Å². The molecule has 2 heterocycles. The standard InChI is InChI=1S/C52H69N4O5S.Tl/c1-38-19-27-46-44(36-38)51(2,3)48(53(46)31-14-33-55(6,7)8)29-22-40-17-12-18-41(50(40)61-42-24-20-39(21-25-42)16-13-35-57)23-30-49-52(4,5)45-37-43(62(58,59)60)26-28-47(45)54(49)32-15-34-56(9,10)11;/h19-30,36-37H,12-18,31-34H2,1-11H3;/q+2;/p+1. The predicted molar refractivity (Wildman–Crippen MR) is 258 cm³/mol. The molecule has 0 saturated heterocycles. The Balaban J connectivity index is 1.46. The van der Waals surface area contributed by atoms with Crippen molar-refractivity contribution in [1.29, 1.82) is 0 Å². The van der Waals surface area contributed by atoms with Crippen molar-refractivity contribution < 1.29 is 36.0 Å². The van der Waals surface area contributed by atoms with Crippen LogP contribution in [0.5, 0.6) is 5.75 Å². The van der Waals surface area contributed by atoms with Gasteiger partial charge >= 0.3 is 148 Å². The molecule has 3 aromatic carbocycles. The maximum Gasteiger partial charge on any atom is 0.0797 e. The molecule has 63 heavy (non-hydrogen) atoms. The predicted octanol–water partition coefficient (Wildman–Crippen LogP) is 9.12. The number of carbonyl (C=O) groups excluding carboxylic acids is 1. The van der Waals surface area contributed by atoms with Crippen LogP contribution >= 0.6 is 0 Å². The van der Waals surface area contributed by atoms with Crippen molar-refractivity contribution in [3.05, 3.63) is 130 Å². The maximum atomic E-state index is 12.3. The molecule has 0 fully saturated rings. The number of fused-ring (bicyclic) bond motifs is 2. The zero-order valence-electron chi connectivity index (χ0n) is 39.7. The Labute approximate surface area is 394 Å². The largest absolute Gasteiger partial charge is 0.344 e. The first-order chi connectivity index (χ1) is 29.3. The normalized spacial score (nSPS) is 18.8. The van der Waals surface area contributed by atoms with Crippen LogP contribution in [-0.4, -0.2) is 130 Å². The summed E-state index contributed by atoms with van der Waals surface area (Å²) >= 11 is 0.358. The van der Waals surface area contributed by atoms with Gasteiger partial charge < -0.3 is 13.9 Å². The number of ether oxygens (including phenoxy) is 1. The van der Waals surface area contributed by atoms with Crippen LogP contribution < -0.4 is 9.64 Å². The van der Waals surface area contributed by atoms with Gasteiger partial charge in [0.05, 0.1) is 72.1 Å². The number of carbonyl (C=O) groups is 1. The Morgan fingerprint density at radius 1 is 0.857 bits per heavy atom. The molecule has 0 bridgehead atoms. The number of aryl methyl sites for hydroxylation is 2. The van der Waals surface area contributed by atoms with Gasteiger partial charge in [0, 0.05) is 41.4 Å². The van der Waals surface area contributed by atoms with Gasteiger partial charge in [-0.05, 0) is 44.5 Å². The Hall–Kier alpha value is -3.69. The summed E-state index contributed by atoms with van der Waals surface area (Å²) in [6, 6.07) is 20.1. The molecule has 11 heteroatoms. The van der Waals surface area contributed by atoms with E-state index in [2.05, 4.69) is 141 Å². The monoisotopic (exact) mass is 1070 g/mol. The van der Waals surface area contributed by atoms with Gasteiger partial charge in [-0.2, -0.15) is 13.0 Å². The number of allylic oxidation sites excluding steroid dienone is 7. The Bertz CT molecular complexity index is 2500. The Kier molecular flexibility index (Phi) is 14.7. The molecule has 6 rings (SSSR count). The van der Waals surface area contributed by atoms with Crippen molar-refractivity contribution in [3.8, 4) is 5.75 Å². The van der Waals surface area contributed by atoms with Crippen molar-refractivity contribution in [2.45, 2.75) is 95.3 Å². The minimum Gasteiger partial charge on any atom is -0.344 e. The van der Waals surface area contributed by atoms with Crippen LogP contribution in [0.3, 0.4) is 0 Å². The first-order valence-electron chi connectivity index (χ1n) is 22.5. The zero-order chi connectivity index (χ0) is 46.1.